The van der Waals surface area contributed by atoms with Crippen molar-refractivity contribution < 1.29 is 14.0 Å². The van der Waals surface area contributed by atoms with E-state index in [1.54, 1.807) is 11.8 Å². The maximum atomic E-state index is 5.86. The van der Waals surface area contributed by atoms with Crippen molar-refractivity contribution in [1.82, 2.24) is 30.3 Å². The van der Waals surface area contributed by atoms with Crippen molar-refractivity contribution in [2.24, 2.45) is 0 Å². The first-order valence-corrected chi connectivity index (χ1v) is 8.21. The lowest BCUT2D eigenvalue weighted by Crippen LogP contribution is -2.39. The Balaban J connectivity index is 1.62. The van der Waals surface area contributed by atoms with Crippen LogP contribution in [0.4, 0.5) is 0 Å². The van der Waals surface area contributed by atoms with Gasteiger partial charge in [0.2, 0.25) is 0 Å². The van der Waals surface area contributed by atoms with Crippen molar-refractivity contribution in [1.29, 1.82) is 0 Å². The zero-order valence-corrected chi connectivity index (χ0v) is 14.4. The molecule has 0 N–H and O–H groups in total. The Morgan fingerprint density at radius 3 is 3.04 bits per heavy atom. The van der Waals surface area contributed by atoms with Crippen LogP contribution in [0, 0.1) is 0 Å². The fraction of sp³-hybridized carbons (Fsp3) is 0.733. The Kier molecular flexibility index (Phi) is 5.54. The van der Waals surface area contributed by atoms with Gasteiger partial charge in [-0.05, 0) is 10.4 Å². The summed E-state index contributed by atoms with van der Waals surface area (Å²) in [6.07, 6.45) is -0.151. The lowest BCUT2D eigenvalue weighted by atomic mass is 10.1. The van der Waals surface area contributed by atoms with E-state index in [9.17, 15) is 0 Å². The predicted molar refractivity (Wildman–Crippen MR) is 84.3 cm³/mol. The summed E-state index contributed by atoms with van der Waals surface area (Å²) in [5.74, 6) is 1.99. The van der Waals surface area contributed by atoms with Crippen LogP contribution in [0.2, 0.25) is 0 Å². The van der Waals surface area contributed by atoms with Gasteiger partial charge in [-0.15, -0.1) is 5.10 Å². The number of hydrogen-bond donors (Lipinski definition) is 0. The molecule has 3 rings (SSSR count). The summed E-state index contributed by atoms with van der Waals surface area (Å²) < 4.78 is 18.1. The quantitative estimate of drug-likeness (QED) is 0.740. The molecule has 0 bridgehead atoms. The summed E-state index contributed by atoms with van der Waals surface area (Å²) in [7, 11) is 1.66. The van der Waals surface area contributed by atoms with Gasteiger partial charge in [-0.3, -0.25) is 4.90 Å². The maximum Gasteiger partial charge on any atom is 0.181 e. The molecule has 0 aromatic carbocycles. The summed E-state index contributed by atoms with van der Waals surface area (Å²) in [5.41, 5.74) is 0.943. The number of morpholine rings is 1. The molecule has 1 saturated heterocycles. The average molecular weight is 336 g/mol. The van der Waals surface area contributed by atoms with Gasteiger partial charge in [0, 0.05) is 38.7 Å². The lowest BCUT2D eigenvalue weighted by Gasteiger charge is -2.31. The molecule has 1 aliphatic heterocycles. The highest BCUT2D eigenvalue weighted by molar-refractivity contribution is 5.08. The molecule has 24 heavy (non-hydrogen) atoms. The smallest absolute Gasteiger partial charge is 0.181 e. The highest BCUT2D eigenvalue weighted by Crippen LogP contribution is 2.22. The minimum absolute atomic E-state index is 0.151. The molecular weight excluding hydrogens is 312 g/mol. The number of ether oxygens (including phenoxy) is 2. The van der Waals surface area contributed by atoms with E-state index in [4.69, 9.17) is 14.0 Å². The van der Waals surface area contributed by atoms with Crippen LogP contribution in [-0.4, -0.2) is 63.7 Å². The molecule has 2 aromatic heterocycles. The van der Waals surface area contributed by atoms with Crippen molar-refractivity contribution in [3.8, 4) is 0 Å². The van der Waals surface area contributed by atoms with Gasteiger partial charge < -0.3 is 14.0 Å². The van der Waals surface area contributed by atoms with E-state index < -0.39 is 0 Å². The van der Waals surface area contributed by atoms with Crippen LogP contribution < -0.4 is 0 Å². The van der Waals surface area contributed by atoms with Crippen LogP contribution in [0.15, 0.2) is 10.6 Å². The molecule has 1 aliphatic rings. The summed E-state index contributed by atoms with van der Waals surface area (Å²) in [6.45, 7) is 8.29. The number of tetrazole rings is 1. The second-order valence-corrected chi connectivity index (χ2v) is 6.22. The molecule has 1 unspecified atom stereocenters. The van der Waals surface area contributed by atoms with E-state index in [2.05, 4.69) is 39.4 Å². The van der Waals surface area contributed by atoms with Crippen molar-refractivity contribution >= 4 is 0 Å². The zero-order valence-electron chi connectivity index (χ0n) is 14.4. The SMILES string of the molecule is COCCn1nnnc1C1CN(Cc2cc(C(C)C)on2)CCO1. The lowest BCUT2D eigenvalue weighted by molar-refractivity contribution is -0.0402. The van der Waals surface area contributed by atoms with Gasteiger partial charge in [0.25, 0.3) is 0 Å². The molecule has 0 amide bonds. The van der Waals surface area contributed by atoms with Gasteiger partial charge in [-0.2, -0.15) is 0 Å². The standard InChI is InChI=1S/C15H24N6O3/c1-11(2)13-8-12(17-24-13)9-20-4-7-23-14(10-20)15-16-18-19-21(15)5-6-22-3/h8,11,14H,4-7,9-10H2,1-3H3. The Hall–Kier alpha value is -1.84. The Bertz CT molecular complexity index is 641. The largest absolute Gasteiger partial charge is 0.383 e. The molecule has 9 nitrogen and oxygen atoms in total. The summed E-state index contributed by atoms with van der Waals surface area (Å²) >= 11 is 0. The Morgan fingerprint density at radius 1 is 1.42 bits per heavy atom. The fourth-order valence-corrected chi connectivity index (χ4v) is 2.69. The van der Waals surface area contributed by atoms with Crippen LogP contribution in [0.1, 0.15) is 43.1 Å². The van der Waals surface area contributed by atoms with Gasteiger partial charge in [-0.1, -0.05) is 19.0 Å². The van der Waals surface area contributed by atoms with E-state index in [1.807, 2.05) is 6.07 Å². The first kappa shape index (κ1) is 17.0. The van der Waals surface area contributed by atoms with E-state index in [1.165, 1.54) is 0 Å². The number of hydrogen-bond acceptors (Lipinski definition) is 8. The van der Waals surface area contributed by atoms with E-state index >= 15 is 0 Å². The van der Waals surface area contributed by atoms with Gasteiger partial charge in [0.15, 0.2) is 5.82 Å². The minimum atomic E-state index is -0.151. The molecule has 9 heteroatoms. The molecule has 0 aliphatic carbocycles. The summed E-state index contributed by atoms with van der Waals surface area (Å²) in [5, 5.41) is 16.1. The average Bonchev–Trinajstić information content (AvgIpc) is 3.22. The van der Waals surface area contributed by atoms with Crippen molar-refractivity contribution in [2.45, 2.75) is 39.0 Å². The monoisotopic (exact) mass is 336 g/mol. The third-order valence-electron chi connectivity index (χ3n) is 4.04. The van der Waals surface area contributed by atoms with E-state index in [0.29, 0.717) is 25.7 Å². The van der Waals surface area contributed by atoms with Crippen molar-refractivity contribution in [3.63, 3.8) is 0 Å². The highest BCUT2D eigenvalue weighted by Gasteiger charge is 2.27. The van der Waals surface area contributed by atoms with Gasteiger partial charge in [0.05, 0.1) is 25.5 Å². The highest BCUT2D eigenvalue weighted by atomic mass is 16.5. The summed E-state index contributed by atoms with van der Waals surface area (Å²) in [4.78, 5) is 2.28. The van der Waals surface area contributed by atoms with Gasteiger partial charge >= 0.3 is 0 Å². The van der Waals surface area contributed by atoms with Crippen LogP contribution in [0.25, 0.3) is 0 Å². The number of methoxy groups -OCH3 is 1. The van der Waals surface area contributed by atoms with Crippen LogP contribution >= 0.6 is 0 Å². The number of nitrogens with zero attached hydrogens (tertiary/aromatic N) is 6. The fourth-order valence-electron chi connectivity index (χ4n) is 2.69. The summed E-state index contributed by atoms with van der Waals surface area (Å²) in [6, 6.07) is 2.03. The van der Waals surface area contributed by atoms with Crippen LogP contribution in [0.3, 0.4) is 0 Å². The predicted octanol–water partition coefficient (Wildman–Crippen LogP) is 1.00. The third-order valence-corrected chi connectivity index (χ3v) is 4.04. The van der Waals surface area contributed by atoms with Gasteiger partial charge in [-0.25, -0.2) is 4.68 Å². The molecule has 0 spiro atoms. The number of rotatable bonds is 7. The van der Waals surface area contributed by atoms with Crippen molar-refractivity contribution in [2.75, 3.05) is 33.4 Å². The number of aromatic nitrogens is 5. The molecule has 2 aromatic rings. The van der Waals surface area contributed by atoms with Crippen LogP contribution in [-0.2, 0) is 22.6 Å². The van der Waals surface area contributed by atoms with Crippen molar-refractivity contribution in [3.05, 3.63) is 23.3 Å². The molecular formula is C15H24N6O3. The molecule has 3 heterocycles. The molecule has 0 saturated carbocycles. The van der Waals surface area contributed by atoms with E-state index in [0.717, 1.165) is 36.9 Å². The third kappa shape index (κ3) is 3.97. The molecule has 1 fully saturated rings. The van der Waals surface area contributed by atoms with Gasteiger partial charge in [0.1, 0.15) is 11.9 Å². The second kappa shape index (κ2) is 7.82. The maximum absolute atomic E-state index is 5.86. The normalized spacial score (nSPS) is 19.2. The van der Waals surface area contributed by atoms with E-state index in [-0.39, 0.29) is 6.10 Å². The Morgan fingerprint density at radius 2 is 2.29 bits per heavy atom. The topological polar surface area (TPSA) is 91.3 Å². The minimum Gasteiger partial charge on any atom is -0.383 e. The molecule has 132 valence electrons. The second-order valence-electron chi connectivity index (χ2n) is 6.22. The molecule has 0 radical (unpaired) electrons. The Labute approximate surface area is 140 Å². The van der Waals surface area contributed by atoms with Crippen LogP contribution in [0.5, 0.6) is 0 Å². The zero-order chi connectivity index (χ0) is 16.9. The molecule has 1 atom stereocenters. The first-order valence-electron chi connectivity index (χ1n) is 8.21. The first-order chi connectivity index (χ1) is 11.7.